The van der Waals surface area contributed by atoms with E-state index in [9.17, 15) is 0 Å². The van der Waals surface area contributed by atoms with Gasteiger partial charge in [-0.15, -0.1) is 0 Å². The van der Waals surface area contributed by atoms with Gasteiger partial charge in [-0.2, -0.15) is 0 Å². The third kappa shape index (κ3) is 3.08. The Hall–Kier alpha value is -5.02. The summed E-state index contributed by atoms with van der Waals surface area (Å²) in [4.78, 5) is 10.2. The smallest absolute Gasteiger partial charge is 0.147 e. The van der Waals surface area contributed by atoms with Crippen LogP contribution in [0.2, 0.25) is 0 Å². The summed E-state index contributed by atoms with van der Waals surface area (Å²) in [7, 11) is 0. The van der Waals surface area contributed by atoms with Gasteiger partial charge in [-0.25, -0.2) is 9.97 Å². The van der Waals surface area contributed by atoms with E-state index in [1.165, 1.54) is 22.3 Å². The van der Waals surface area contributed by atoms with Crippen molar-refractivity contribution in [2.24, 2.45) is 0 Å². The SMILES string of the molecule is c1ccc(-c2ccc(-c3ccc4c(c3)c3nc5ccccc5cc3c3nc5ccccc5n43)cc2)cc1. The largest absolute Gasteiger partial charge is 0.292 e. The van der Waals surface area contributed by atoms with Gasteiger partial charge < -0.3 is 0 Å². The van der Waals surface area contributed by atoms with Gasteiger partial charge in [-0.1, -0.05) is 91.0 Å². The lowest BCUT2D eigenvalue weighted by atomic mass is 9.98. The topological polar surface area (TPSA) is 30.2 Å². The zero-order valence-corrected chi connectivity index (χ0v) is 20.0. The molecule has 0 unspecified atom stereocenters. The van der Waals surface area contributed by atoms with Crippen molar-refractivity contribution < 1.29 is 0 Å². The van der Waals surface area contributed by atoms with Crippen molar-refractivity contribution in [1.82, 2.24) is 14.4 Å². The van der Waals surface area contributed by atoms with Gasteiger partial charge >= 0.3 is 0 Å². The van der Waals surface area contributed by atoms with E-state index in [1.54, 1.807) is 0 Å². The lowest BCUT2D eigenvalue weighted by Crippen LogP contribution is -1.94. The highest BCUT2D eigenvalue weighted by Gasteiger charge is 2.16. The normalized spacial score (nSPS) is 11.8. The number of rotatable bonds is 2. The first-order valence-electron chi connectivity index (χ1n) is 12.5. The van der Waals surface area contributed by atoms with Crippen molar-refractivity contribution in [2.75, 3.05) is 0 Å². The third-order valence-electron chi connectivity index (χ3n) is 7.34. The van der Waals surface area contributed by atoms with Crippen molar-refractivity contribution >= 4 is 49.4 Å². The molecular formula is C34H21N3. The van der Waals surface area contributed by atoms with Crippen molar-refractivity contribution in [3.05, 3.63) is 127 Å². The molecule has 0 aliphatic rings. The molecular weight excluding hydrogens is 450 g/mol. The summed E-state index contributed by atoms with van der Waals surface area (Å²) in [5.41, 5.74) is 10.9. The predicted molar refractivity (Wildman–Crippen MR) is 154 cm³/mol. The molecule has 8 rings (SSSR count). The molecule has 0 aliphatic carbocycles. The fraction of sp³-hybridized carbons (Fsp3) is 0. The molecule has 172 valence electrons. The predicted octanol–water partition coefficient (Wildman–Crippen LogP) is 8.68. The molecule has 0 fully saturated rings. The fourth-order valence-corrected chi connectivity index (χ4v) is 5.53. The monoisotopic (exact) mass is 471 g/mol. The maximum atomic E-state index is 5.16. The first-order valence-corrected chi connectivity index (χ1v) is 12.5. The first-order chi connectivity index (χ1) is 18.3. The third-order valence-corrected chi connectivity index (χ3v) is 7.34. The van der Waals surface area contributed by atoms with Crippen LogP contribution in [0.25, 0.3) is 71.6 Å². The lowest BCUT2D eigenvalue weighted by molar-refractivity contribution is 1.31. The van der Waals surface area contributed by atoms with E-state index >= 15 is 0 Å². The summed E-state index contributed by atoms with van der Waals surface area (Å²) in [6.07, 6.45) is 0. The van der Waals surface area contributed by atoms with E-state index in [0.29, 0.717) is 0 Å². The molecule has 0 bridgehead atoms. The minimum atomic E-state index is 0.946. The molecule has 3 nitrogen and oxygen atoms in total. The average molecular weight is 472 g/mol. The van der Waals surface area contributed by atoms with Crippen molar-refractivity contribution in [3.63, 3.8) is 0 Å². The van der Waals surface area contributed by atoms with Crippen LogP contribution in [-0.4, -0.2) is 14.4 Å². The first kappa shape index (κ1) is 20.2. The number of aromatic nitrogens is 3. The van der Waals surface area contributed by atoms with E-state index in [-0.39, 0.29) is 0 Å². The fourth-order valence-electron chi connectivity index (χ4n) is 5.53. The maximum absolute atomic E-state index is 5.16. The van der Waals surface area contributed by atoms with Gasteiger partial charge in [0, 0.05) is 16.2 Å². The molecule has 3 heteroatoms. The van der Waals surface area contributed by atoms with Crippen LogP contribution in [0, 0.1) is 0 Å². The summed E-state index contributed by atoms with van der Waals surface area (Å²) >= 11 is 0. The summed E-state index contributed by atoms with van der Waals surface area (Å²) < 4.78 is 2.28. The van der Waals surface area contributed by atoms with Crippen LogP contribution < -0.4 is 0 Å². The van der Waals surface area contributed by atoms with Crippen LogP contribution in [-0.2, 0) is 0 Å². The lowest BCUT2D eigenvalue weighted by Gasteiger charge is -2.12. The molecule has 0 N–H and O–H groups in total. The number of hydrogen-bond donors (Lipinski definition) is 0. The average Bonchev–Trinajstić information content (AvgIpc) is 3.37. The van der Waals surface area contributed by atoms with Gasteiger partial charge in [0.15, 0.2) is 0 Å². The summed E-state index contributed by atoms with van der Waals surface area (Å²) in [5, 5.41) is 3.32. The van der Waals surface area contributed by atoms with Crippen LogP contribution in [0.1, 0.15) is 0 Å². The molecule has 5 aromatic carbocycles. The minimum Gasteiger partial charge on any atom is -0.292 e. The zero-order valence-electron chi connectivity index (χ0n) is 20.0. The van der Waals surface area contributed by atoms with Gasteiger partial charge in [0.25, 0.3) is 0 Å². The second-order valence-electron chi connectivity index (χ2n) is 9.51. The highest BCUT2D eigenvalue weighted by Crippen LogP contribution is 2.35. The van der Waals surface area contributed by atoms with E-state index in [4.69, 9.17) is 9.97 Å². The summed E-state index contributed by atoms with van der Waals surface area (Å²) in [6, 6.07) is 44.9. The van der Waals surface area contributed by atoms with Crippen LogP contribution in [0.4, 0.5) is 0 Å². The molecule has 8 aromatic rings. The number of nitrogens with zero attached hydrogens (tertiary/aromatic N) is 3. The number of para-hydroxylation sites is 3. The number of benzene rings is 5. The second kappa shape index (κ2) is 7.74. The van der Waals surface area contributed by atoms with Gasteiger partial charge in [-0.3, -0.25) is 4.40 Å². The van der Waals surface area contributed by atoms with Gasteiger partial charge in [-0.05, 0) is 58.7 Å². The van der Waals surface area contributed by atoms with E-state index in [1.807, 2.05) is 12.1 Å². The van der Waals surface area contributed by atoms with E-state index in [2.05, 4.69) is 120 Å². The highest BCUT2D eigenvalue weighted by molar-refractivity contribution is 6.15. The van der Waals surface area contributed by atoms with Crippen molar-refractivity contribution in [2.45, 2.75) is 0 Å². The Kier molecular flexibility index (Phi) is 4.23. The van der Waals surface area contributed by atoms with Crippen LogP contribution in [0.3, 0.4) is 0 Å². The van der Waals surface area contributed by atoms with Gasteiger partial charge in [0.2, 0.25) is 0 Å². The molecule has 0 aliphatic heterocycles. The molecule has 3 heterocycles. The van der Waals surface area contributed by atoms with Crippen LogP contribution >= 0.6 is 0 Å². The summed E-state index contributed by atoms with van der Waals surface area (Å²) in [5.74, 6) is 0. The van der Waals surface area contributed by atoms with Gasteiger partial charge in [0.1, 0.15) is 5.65 Å². The molecule has 0 radical (unpaired) electrons. The number of imidazole rings is 1. The Morgan fingerprint density at radius 2 is 1.08 bits per heavy atom. The van der Waals surface area contributed by atoms with Crippen molar-refractivity contribution in [1.29, 1.82) is 0 Å². The Labute approximate surface area is 213 Å². The Morgan fingerprint density at radius 3 is 1.92 bits per heavy atom. The number of hydrogen-bond acceptors (Lipinski definition) is 2. The molecule has 3 aromatic heterocycles. The molecule has 37 heavy (non-hydrogen) atoms. The van der Waals surface area contributed by atoms with Crippen molar-refractivity contribution in [3.8, 4) is 22.3 Å². The standard InChI is InChI=1S/C34H21N3/c1-2-8-22(9-3-1)23-14-16-24(17-15-23)25-18-19-31-27(20-25)33-28(21-26-10-4-5-11-29(26)35-33)34-36-30-12-6-7-13-32(30)37(31)34/h1-21H. The molecule has 0 saturated heterocycles. The number of pyridine rings is 2. The Balaban J connectivity index is 1.43. The second-order valence-corrected chi connectivity index (χ2v) is 9.51. The molecule has 0 amide bonds. The van der Waals surface area contributed by atoms with Crippen LogP contribution in [0.5, 0.6) is 0 Å². The van der Waals surface area contributed by atoms with Gasteiger partial charge in [0.05, 0.1) is 27.6 Å². The Bertz CT molecular complexity index is 2120. The zero-order chi connectivity index (χ0) is 24.3. The van der Waals surface area contributed by atoms with Crippen LogP contribution in [0.15, 0.2) is 127 Å². The maximum Gasteiger partial charge on any atom is 0.147 e. The number of fused-ring (bicyclic) bond motifs is 9. The summed E-state index contributed by atoms with van der Waals surface area (Å²) in [6.45, 7) is 0. The Morgan fingerprint density at radius 1 is 0.432 bits per heavy atom. The van der Waals surface area contributed by atoms with E-state index < -0.39 is 0 Å². The highest BCUT2D eigenvalue weighted by atomic mass is 15.0. The molecule has 0 saturated carbocycles. The molecule has 0 spiro atoms. The minimum absolute atomic E-state index is 0.946. The molecule has 0 atom stereocenters. The quantitative estimate of drug-likeness (QED) is 0.186. The van der Waals surface area contributed by atoms with E-state index in [0.717, 1.165) is 49.4 Å².